The van der Waals surface area contributed by atoms with Crippen LogP contribution in [0.5, 0.6) is 0 Å². The Morgan fingerprint density at radius 3 is 2.31 bits per heavy atom. The van der Waals surface area contributed by atoms with E-state index in [1.807, 2.05) is 21.1 Å². The van der Waals surface area contributed by atoms with Crippen LogP contribution in [0, 0.1) is 5.92 Å². The quantitative estimate of drug-likeness (QED) is 0.647. The maximum Gasteiger partial charge on any atom is 0.306 e. The fourth-order valence-corrected chi connectivity index (χ4v) is 1.40. The SMILES string of the molecule is CCC(C)CO[C@H](CC(=O)O)C[N+](C)(C)C. The zero-order valence-electron chi connectivity index (χ0n) is 11.2. The minimum absolute atomic E-state index is 0.0892. The van der Waals surface area contributed by atoms with E-state index in [-0.39, 0.29) is 12.5 Å². The molecule has 16 heavy (non-hydrogen) atoms. The fourth-order valence-electron chi connectivity index (χ4n) is 1.40. The highest BCUT2D eigenvalue weighted by Crippen LogP contribution is 2.09. The number of hydrogen-bond donors (Lipinski definition) is 1. The summed E-state index contributed by atoms with van der Waals surface area (Å²) in [5, 5.41) is 8.82. The van der Waals surface area contributed by atoms with Gasteiger partial charge < -0.3 is 14.3 Å². The van der Waals surface area contributed by atoms with Crippen molar-refractivity contribution in [2.45, 2.75) is 32.8 Å². The molecule has 1 unspecified atom stereocenters. The summed E-state index contributed by atoms with van der Waals surface area (Å²) >= 11 is 0. The van der Waals surface area contributed by atoms with E-state index >= 15 is 0 Å². The van der Waals surface area contributed by atoms with E-state index < -0.39 is 5.97 Å². The van der Waals surface area contributed by atoms with E-state index in [4.69, 9.17) is 9.84 Å². The first-order valence-electron chi connectivity index (χ1n) is 5.88. The Hall–Kier alpha value is -0.610. The number of hydrogen-bond acceptors (Lipinski definition) is 2. The van der Waals surface area contributed by atoms with Gasteiger partial charge in [-0.15, -0.1) is 0 Å². The third-order valence-corrected chi connectivity index (χ3v) is 2.47. The average Bonchev–Trinajstić information content (AvgIpc) is 2.10. The van der Waals surface area contributed by atoms with Gasteiger partial charge in [0.25, 0.3) is 0 Å². The Bertz CT molecular complexity index is 211. The number of carboxylic acids is 1. The van der Waals surface area contributed by atoms with Crippen LogP contribution in [0.1, 0.15) is 26.7 Å². The van der Waals surface area contributed by atoms with Crippen molar-refractivity contribution >= 4 is 5.97 Å². The van der Waals surface area contributed by atoms with Crippen LogP contribution < -0.4 is 0 Å². The molecule has 4 nitrogen and oxygen atoms in total. The normalized spacial score (nSPS) is 15.8. The van der Waals surface area contributed by atoms with Gasteiger partial charge in [0.15, 0.2) is 0 Å². The second-order valence-corrected chi connectivity index (χ2v) is 5.54. The molecule has 0 aromatic carbocycles. The summed E-state index contributed by atoms with van der Waals surface area (Å²) in [6.07, 6.45) is 0.961. The van der Waals surface area contributed by atoms with Crippen molar-refractivity contribution in [3.63, 3.8) is 0 Å². The topological polar surface area (TPSA) is 46.5 Å². The Kier molecular flexibility index (Phi) is 6.60. The molecule has 0 heterocycles. The lowest BCUT2D eigenvalue weighted by molar-refractivity contribution is -0.873. The molecule has 0 aromatic heterocycles. The number of ether oxygens (including phenoxy) is 1. The lowest BCUT2D eigenvalue weighted by Crippen LogP contribution is -2.43. The van der Waals surface area contributed by atoms with E-state index in [2.05, 4.69) is 13.8 Å². The van der Waals surface area contributed by atoms with Crippen molar-refractivity contribution in [3.05, 3.63) is 0 Å². The zero-order valence-corrected chi connectivity index (χ0v) is 11.2. The van der Waals surface area contributed by atoms with Crippen molar-refractivity contribution < 1.29 is 19.1 Å². The number of carboxylic acid groups (broad SMARTS) is 1. The molecule has 0 bridgehead atoms. The lowest BCUT2D eigenvalue weighted by atomic mass is 10.1. The molecular weight excluding hydrogens is 206 g/mol. The van der Waals surface area contributed by atoms with Crippen LogP contribution in [0.25, 0.3) is 0 Å². The summed E-state index contributed by atoms with van der Waals surface area (Å²) in [6, 6.07) is 0. The van der Waals surface area contributed by atoms with Gasteiger partial charge in [0.1, 0.15) is 12.6 Å². The molecule has 0 amide bonds. The van der Waals surface area contributed by atoms with Gasteiger partial charge in [-0.05, 0) is 5.92 Å². The molecule has 0 radical (unpaired) electrons. The Morgan fingerprint density at radius 1 is 1.38 bits per heavy atom. The first kappa shape index (κ1) is 15.4. The van der Waals surface area contributed by atoms with Gasteiger partial charge in [0.2, 0.25) is 0 Å². The van der Waals surface area contributed by atoms with Crippen LogP contribution in [0.2, 0.25) is 0 Å². The van der Waals surface area contributed by atoms with Gasteiger partial charge in [-0.3, -0.25) is 4.79 Å². The van der Waals surface area contributed by atoms with E-state index in [9.17, 15) is 4.79 Å². The predicted molar refractivity (Wildman–Crippen MR) is 64.3 cm³/mol. The molecule has 0 spiro atoms. The molecule has 0 saturated heterocycles. The third kappa shape index (κ3) is 8.68. The fraction of sp³-hybridized carbons (Fsp3) is 0.917. The van der Waals surface area contributed by atoms with Crippen molar-refractivity contribution in [3.8, 4) is 0 Å². The van der Waals surface area contributed by atoms with Gasteiger partial charge in [-0.25, -0.2) is 0 Å². The van der Waals surface area contributed by atoms with Crippen LogP contribution in [-0.4, -0.2) is 56.0 Å². The summed E-state index contributed by atoms with van der Waals surface area (Å²) in [5.41, 5.74) is 0. The molecule has 0 fully saturated rings. The Balaban J connectivity index is 4.15. The smallest absolute Gasteiger partial charge is 0.306 e. The molecule has 0 rings (SSSR count). The molecule has 0 aliphatic rings. The standard InChI is InChI=1S/C12H25NO3/c1-6-10(2)9-16-11(7-12(14)15)8-13(3,4)5/h10-11H,6-9H2,1-5H3/p+1/t10?,11-/m1/s1. The second kappa shape index (κ2) is 6.86. The van der Waals surface area contributed by atoms with Gasteiger partial charge in [0, 0.05) is 6.61 Å². The van der Waals surface area contributed by atoms with Crippen molar-refractivity contribution in [1.29, 1.82) is 0 Å². The van der Waals surface area contributed by atoms with Gasteiger partial charge >= 0.3 is 5.97 Å². The van der Waals surface area contributed by atoms with Gasteiger partial charge in [-0.2, -0.15) is 0 Å². The summed E-state index contributed by atoms with van der Waals surface area (Å²) in [7, 11) is 6.13. The minimum Gasteiger partial charge on any atom is -0.481 e. The summed E-state index contributed by atoms with van der Waals surface area (Å²) < 4.78 is 6.41. The highest BCUT2D eigenvalue weighted by molar-refractivity contribution is 5.67. The molecule has 2 atom stereocenters. The summed E-state index contributed by atoms with van der Waals surface area (Å²) in [6.45, 7) is 5.60. The molecule has 0 aromatic rings. The highest BCUT2D eigenvalue weighted by Gasteiger charge is 2.22. The van der Waals surface area contributed by atoms with Gasteiger partial charge in [0.05, 0.1) is 27.6 Å². The number of quaternary nitrogens is 1. The number of likely N-dealkylation sites (N-methyl/N-ethyl adjacent to an activating group) is 1. The maximum atomic E-state index is 10.7. The largest absolute Gasteiger partial charge is 0.481 e. The van der Waals surface area contributed by atoms with Crippen LogP contribution in [0.4, 0.5) is 0 Å². The van der Waals surface area contributed by atoms with Crippen molar-refractivity contribution in [2.24, 2.45) is 5.92 Å². The average molecular weight is 232 g/mol. The molecular formula is C12H26NO3+. The van der Waals surface area contributed by atoms with E-state index in [1.54, 1.807) is 0 Å². The first-order chi connectivity index (χ1) is 7.24. The molecule has 0 saturated carbocycles. The summed E-state index contributed by atoms with van der Waals surface area (Å²) in [5.74, 6) is -0.300. The number of rotatable bonds is 8. The van der Waals surface area contributed by atoms with Crippen LogP contribution in [0.3, 0.4) is 0 Å². The van der Waals surface area contributed by atoms with E-state index in [0.29, 0.717) is 12.5 Å². The first-order valence-corrected chi connectivity index (χ1v) is 5.88. The zero-order chi connectivity index (χ0) is 12.8. The van der Waals surface area contributed by atoms with Crippen LogP contribution >= 0.6 is 0 Å². The lowest BCUT2D eigenvalue weighted by Gasteiger charge is -2.29. The molecule has 1 N–H and O–H groups in total. The van der Waals surface area contributed by atoms with Crippen LogP contribution in [-0.2, 0) is 9.53 Å². The van der Waals surface area contributed by atoms with Gasteiger partial charge in [-0.1, -0.05) is 20.3 Å². The van der Waals surface area contributed by atoms with E-state index in [1.165, 1.54) is 0 Å². The Labute approximate surface area is 98.8 Å². The molecule has 0 aliphatic carbocycles. The summed E-state index contributed by atoms with van der Waals surface area (Å²) in [4.78, 5) is 10.7. The minimum atomic E-state index is -0.789. The van der Waals surface area contributed by atoms with Crippen molar-refractivity contribution in [2.75, 3.05) is 34.3 Å². The van der Waals surface area contributed by atoms with Crippen molar-refractivity contribution in [1.82, 2.24) is 0 Å². The van der Waals surface area contributed by atoms with Crippen LogP contribution in [0.15, 0.2) is 0 Å². The molecule has 4 heteroatoms. The second-order valence-electron chi connectivity index (χ2n) is 5.54. The maximum absolute atomic E-state index is 10.7. The van der Waals surface area contributed by atoms with E-state index in [0.717, 1.165) is 17.4 Å². The highest BCUT2D eigenvalue weighted by atomic mass is 16.5. The number of nitrogens with zero attached hydrogens (tertiary/aromatic N) is 1. The monoisotopic (exact) mass is 232 g/mol. The number of aliphatic carboxylic acids is 1. The molecule has 0 aliphatic heterocycles. The third-order valence-electron chi connectivity index (χ3n) is 2.47. The molecule has 96 valence electrons. The predicted octanol–water partition coefficient (Wildman–Crippen LogP) is 1.60. The Morgan fingerprint density at radius 2 is 1.94 bits per heavy atom. The number of carbonyl (C=O) groups is 1.